The highest BCUT2D eigenvalue weighted by Crippen LogP contribution is 2.36. The van der Waals surface area contributed by atoms with Crippen LogP contribution in [0.1, 0.15) is 26.7 Å². The first-order valence-corrected chi connectivity index (χ1v) is 7.80. The number of para-hydroxylation sites is 2. The predicted molar refractivity (Wildman–Crippen MR) is 86.8 cm³/mol. The number of carbonyl (C=O) groups is 1. The third-order valence-electron chi connectivity index (χ3n) is 4.83. The fourth-order valence-corrected chi connectivity index (χ4v) is 3.28. The number of aromatic amines is 1. The van der Waals surface area contributed by atoms with Gasteiger partial charge in [-0.25, -0.2) is 4.98 Å². The van der Waals surface area contributed by atoms with Gasteiger partial charge in [0.15, 0.2) is 0 Å². The van der Waals surface area contributed by atoms with Crippen molar-refractivity contribution in [1.82, 2.24) is 9.97 Å². The molecule has 22 heavy (non-hydrogen) atoms. The first-order valence-electron chi connectivity index (χ1n) is 7.80. The second-order valence-corrected chi connectivity index (χ2v) is 6.58. The fraction of sp³-hybridized carbons (Fsp3) is 0.529. The van der Waals surface area contributed by atoms with Gasteiger partial charge in [-0.1, -0.05) is 12.1 Å². The molecule has 2 aromatic rings. The van der Waals surface area contributed by atoms with Crippen molar-refractivity contribution in [1.29, 1.82) is 0 Å². The van der Waals surface area contributed by atoms with Crippen LogP contribution in [0.2, 0.25) is 0 Å². The van der Waals surface area contributed by atoms with Gasteiger partial charge < -0.3 is 14.6 Å². The molecule has 1 atom stereocenters. The van der Waals surface area contributed by atoms with Gasteiger partial charge in [-0.05, 0) is 44.7 Å². The average molecular weight is 301 g/mol. The second kappa shape index (κ2) is 5.63. The molecule has 3 rings (SSSR count). The number of anilines is 1. The highest BCUT2D eigenvalue weighted by atomic mass is 16.5. The van der Waals surface area contributed by atoms with Crippen molar-refractivity contribution in [3.8, 4) is 0 Å². The quantitative estimate of drug-likeness (QED) is 0.886. The number of carbonyl (C=O) groups excluding carboxylic acids is 1. The van der Waals surface area contributed by atoms with E-state index in [1.54, 1.807) is 0 Å². The van der Waals surface area contributed by atoms with Crippen molar-refractivity contribution < 1.29 is 9.53 Å². The van der Waals surface area contributed by atoms with Crippen LogP contribution in [0.5, 0.6) is 0 Å². The van der Waals surface area contributed by atoms with Crippen LogP contribution >= 0.6 is 0 Å². The van der Waals surface area contributed by atoms with Gasteiger partial charge in [0, 0.05) is 13.1 Å². The molecule has 1 aliphatic rings. The van der Waals surface area contributed by atoms with Crippen LogP contribution in [0.4, 0.5) is 5.95 Å². The van der Waals surface area contributed by atoms with Crippen molar-refractivity contribution in [3.05, 3.63) is 24.3 Å². The molecule has 1 aromatic carbocycles. The molecule has 118 valence electrons. The van der Waals surface area contributed by atoms with Gasteiger partial charge in [0.1, 0.15) is 0 Å². The van der Waals surface area contributed by atoms with E-state index in [0.29, 0.717) is 0 Å². The van der Waals surface area contributed by atoms with E-state index in [-0.39, 0.29) is 11.9 Å². The minimum Gasteiger partial charge on any atom is -0.469 e. The minimum atomic E-state index is -0.473. The van der Waals surface area contributed by atoms with Crippen LogP contribution < -0.4 is 4.90 Å². The number of benzene rings is 1. The van der Waals surface area contributed by atoms with Crippen LogP contribution in [0, 0.1) is 11.3 Å². The average Bonchev–Trinajstić information content (AvgIpc) is 2.98. The maximum atomic E-state index is 12.1. The molecule has 1 aliphatic heterocycles. The summed E-state index contributed by atoms with van der Waals surface area (Å²) in [6, 6.07) is 8.04. The van der Waals surface area contributed by atoms with E-state index in [0.717, 1.165) is 42.9 Å². The Bertz CT molecular complexity index is 644. The Labute approximate surface area is 130 Å². The highest BCUT2D eigenvalue weighted by molar-refractivity contribution is 5.78. The van der Waals surface area contributed by atoms with Crippen LogP contribution in [0.15, 0.2) is 24.3 Å². The van der Waals surface area contributed by atoms with E-state index in [1.807, 2.05) is 38.1 Å². The number of H-pyrrole nitrogens is 1. The number of hydrogen-bond donors (Lipinski definition) is 1. The smallest absolute Gasteiger partial charge is 0.311 e. The van der Waals surface area contributed by atoms with Crippen LogP contribution in [-0.2, 0) is 9.53 Å². The summed E-state index contributed by atoms with van der Waals surface area (Å²) in [6.07, 6.45) is 2.10. The Kier molecular flexibility index (Phi) is 3.81. The standard InChI is InChI=1S/C17H23N3O2/c1-17(2,15(21)22-3)12-7-6-10-20(11-12)16-18-13-8-4-5-9-14(13)19-16/h4-5,8-9,12H,6-7,10-11H2,1-3H3,(H,18,19). The van der Waals surface area contributed by atoms with Crippen molar-refractivity contribution in [2.75, 3.05) is 25.1 Å². The topological polar surface area (TPSA) is 58.2 Å². The number of esters is 1. The normalized spacial score (nSPS) is 19.4. The van der Waals surface area contributed by atoms with E-state index in [2.05, 4.69) is 14.9 Å². The number of methoxy groups -OCH3 is 1. The van der Waals surface area contributed by atoms with Crippen molar-refractivity contribution >= 4 is 23.0 Å². The number of hydrogen-bond acceptors (Lipinski definition) is 4. The lowest BCUT2D eigenvalue weighted by Crippen LogP contribution is -2.45. The van der Waals surface area contributed by atoms with Gasteiger partial charge in [0.2, 0.25) is 5.95 Å². The van der Waals surface area contributed by atoms with Gasteiger partial charge in [0.25, 0.3) is 0 Å². The summed E-state index contributed by atoms with van der Waals surface area (Å²) in [5.74, 6) is 1.03. The van der Waals surface area contributed by atoms with Gasteiger partial charge in [0.05, 0.1) is 23.6 Å². The number of piperidine rings is 1. The molecule has 0 bridgehead atoms. The molecule has 1 N–H and O–H groups in total. The number of ether oxygens (including phenoxy) is 1. The molecular formula is C17H23N3O2. The summed E-state index contributed by atoms with van der Waals surface area (Å²) < 4.78 is 4.98. The monoisotopic (exact) mass is 301 g/mol. The third-order valence-corrected chi connectivity index (χ3v) is 4.83. The largest absolute Gasteiger partial charge is 0.469 e. The first kappa shape index (κ1) is 14.9. The predicted octanol–water partition coefficient (Wildman–Crippen LogP) is 2.98. The zero-order valence-corrected chi connectivity index (χ0v) is 13.4. The van der Waals surface area contributed by atoms with Crippen molar-refractivity contribution in [2.45, 2.75) is 26.7 Å². The second-order valence-electron chi connectivity index (χ2n) is 6.58. The molecule has 5 nitrogen and oxygen atoms in total. The Hall–Kier alpha value is -2.04. The van der Waals surface area contributed by atoms with E-state index in [1.165, 1.54) is 7.11 Å². The molecule has 0 radical (unpaired) electrons. The van der Waals surface area contributed by atoms with Gasteiger partial charge >= 0.3 is 5.97 Å². The number of rotatable bonds is 3. The van der Waals surface area contributed by atoms with Gasteiger partial charge in [-0.3, -0.25) is 4.79 Å². The summed E-state index contributed by atoms with van der Waals surface area (Å²) in [5, 5.41) is 0. The Morgan fingerprint density at radius 3 is 2.91 bits per heavy atom. The summed E-state index contributed by atoms with van der Waals surface area (Å²) in [7, 11) is 1.46. The zero-order chi connectivity index (χ0) is 15.7. The Morgan fingerprint density at radius 1 is 1.41 bits per heavy atom. The van der Waals surface area contributed by atoms with Crippen LogP contribution in [0.25, 0.3) is 11.0 Å². The number of imidazole rings is 1. The summed E-state index contributed by atoms with van der Waals surface area (Å²) in [5.41, 5.74) is 1.55. The minimum absolute atomic E-state index is 0.135. The maximum absolute atomic E-state index is 12.1. The molecule has 0 saturated carbocycles. The molecular weight excluding hydrogens is 278 g/mol. The Balaban J connectivity index is 1.82. The lowest BCUT2D eigenvalue weighted by Gasteiger charge is -2.39. The molecule has 1 aromatic heterocycles. The van der Waals surface area contributed by atoms with E-state index in [9.17, 15) is 4.79 Å². The molecule has 1 unspecified atom stereocenters. The fourth-order valence-electron chi connectivity index (χ4n) is 3.28. The van der Waals surface area contributed by atoms with Crippen LogP contribution in [-0.4, -0.2) is 36.1 Å². The highest BCUT2D eigenvalue weighted by Gasteiger charge is 2.40. The number of nitrogens with one attached hydrogen (secondary N) is 1. The lowest BCUT2D eigenvalue weighted by atomic mass is 9.74. The van der Waals surface area contributed by atoms with Gasteiger partial charge in [-0.2, -0.15) is 0 Å². The summed E-state index contributed by atoms with van der Waals surface area (Å²) in [4.78, 5) is 22.4. The molecule has 1 fully saturated rings. The van der Waals surface area contributed by atoms with E-state index in [4.69, 9.17) is 4.74 Å². The molecule has 0 aliphatic carbocycles. The molecule has 1 saturated heterocycles. The van der Waals surface area contributed by atoms with Crippen LogP contribution in [0.3, 0.4) is 0 Å². The summed E-state index contributed by atoms with van der Waals surface area (Å²) >= 11 is 0. The van der Waals surface area contributed by atoms with E-state index >= 15 is 0 Å². The molecule has 2 heterocycles. The number of aromatic nitrogens is 2. The maximum Gasteiger partial charge on any atom is 0.311 e. The lowest BCUT2D eigenvalue weighted by molar-refractivity contribution is -0.154. The van der Waals surface area contributed by atoms with E-state index < -0.39 is 5.41 Å². The third kappa shape index (κ3) is 2.56. The number of fused-ring (bicyclic) bond motifs is 1. The zero-order valence-electron chi connectivity index (χ0n) is 13.4. The van der Waals surface area contributed by atoms with Gasteiger partial charge in [-0.15, -0.1) is 0 Å². The molecule has 0 amide bonds. The summed E-state index contributed by atoms with van der Waals surface area (Å²) in [6.45, 7) is 5.74. The molecule has 0 spiro atoms. The Morgan fingerprint density at radius 2 is 2.18 bits per heavy atom. The first-order chi connectivity index (χ1) is 10.5. The van der Waals surface area contributed by atoms with Crippen molar-refractivity contribution in [3.63, 3.8) is 0 Å². The molecule has 5 heteroatoms. The number of nitrogens with zero attached hydrogens (tertiary/aromatic N) is 2. The van der Waals surface area contributed by atoms with Crippen molar-refractivity contribution in [2.24, 2.45) is 11.3 Å². The SMILES string of the molecule is COC(=O)C(C)(C)C1CCCN(c2nc3ccccc3[nH]2)C1.